The summed E-state index contributed by atoms with van der Waals surface area (Å²) in [6, 6.07) is 20.6. The number of carbonyl (C=O) groups is 2. The number of aryl methyl sites for hydroxylation is 1. The monoisotopic (exact) mass is 555 g/mol. The fourth-order valence-electron chi connectivity index (χ4n) is 4.49. The van der Waals surface area contributed by atoms with Crippen LogP contribution < -0.4 is 10.9 Å². The van der Waals surface area contributed by atoms with Crippen molar-refractivity contribution in [1.82, 2.24) is 9.55 Å². The van der Waals surface area contributed by atoms with E-state index >= 15 is 0 Å². The molecule has 0 aliphatic carbocycles. The van der Waals surface area contributed by atoms with Gasteiger partial charge in [0.05, 0.1) is 5.69 Å². The van der Waals surface area contributed by atoms with Gasteiger partial charge < -0.3 is 9.30 Å². The van der Waals surface area contributed by atoms with Gasteiger partial charge in [-0.15, -0.1) is 11.3 Å². The van der Waals surface area contributed by atoms with Crippen LogP contribution in [0.25, 0.3) is 33.2 Å². The van der Waals surface area contributed by atoms with Crippen LogP contribution in [0.5, 0.6) is 0 Å². The molecule has 202 valence electrons. The fourth-order valence-corrected chi connectivity index (χ4v) is 5.22. The molecule has 7 nitrogen and oxygen atoms in total. The maximum atomic E-state index is 13.7. The number of fused-ring (bicyclic) bond motifs is 1. The largest absolute Gasteiger partial charge is 0.448 e. The SMILES string of the molecule is CCC(OC(=O)c1c(-c2ccc(C)cc2)c2ccccc2c(=O)n1C)C(=O)Nc1nc(-c2ccc(F)cc2)cs1. The third kappa shape index (κ3) is 5.28. The van der Waals surface area contributed by atoms with Crippen LogP contribution in [0.1, 0.15) is 29.4 Å². The van der Waals surface area contributed by atoms with Gasteiger partial charge in [-0.2, -0.15) is 0 Å². The lowest BCUT2D eigenvalue weighted by molar-refractivity contribution is -0.124. The van der Waals surface area contributed by atoms with Crippen LogP contribution in [0.4, 0.5) is 9.52 Å². The van der Waals surface area contributed by atoms with E-state index in [4.69, 9.17) is 4.74 Å². The lowest BCUT2D eigenvalue weighted by Crippen LogP contribution is -2.34. The predicted octanol–water partition coefficient (Wildman–Crippen LogP) is 6.35. The molecule has 9 heteroatoms. The molecule has 40 heavy (non-hydrogen) atoms. The maximum Gasteiger partial charge on any atom is 0.356 e. The van der Waals surface area contributed by atoms with E-state index in [-0.39, 0.29) is 23.5 Å². The van der Waals surface area contributed by atoms with Gasteiger partial charge in [0, 0.05) is 28.9 Å². The van der Waals surface area contributed by atoms with E-state index in [9.17, 15) is 18.8 Å². The van der Waals surface area contributed by atoms with Gasteiger partial charge in [-0.1, -0.05) is 55.0 Å². The van der Waals surface area contributed by atoms with Gasteiger partial charge in [0.15, 0.2) is 11.2 Å². The first-order chi connectivity index (χ1) is 19.3. The fraction of sp³-hybridized carbons (Fsp3) is 0.161. The number of nitrogens with zero attached hydrogens (tertiary/aromatic N) is 2. The number of nitrogens with one attached hydrogen (secondary N) is 1. The van der Waals surface area contributed by atoms with Crippen molar-refractivity contribution in [1.29, 1.82) is 0 Å². The molecule has 0 fully saturated rings. The third-order valence-electron chi connectivity index (χ3n) is 6.62. The molecule has 1 unspecified atom stereocenters. The summed E-state index contributed by atoms with van der Waals surface area (Å²) in [6.45, 7) is 3.69. The summed E-state index contributed by atoms with van der Waals surface area (Å²) in [4.78, 5) is 44.4. The van der Waals surface area contributed by atoms with Gasteiger partial charge in [-0.25, -0.2) is 14.2 Å². The molecule has 5 aromatic rings. The molecule has 0 bridgehead atoms. The zero-order valence-corrected chi connectivity index (χ0v) is 22.9. The Hall–Kier alpha value is -4.63. The van der Waals surface area contributed by atoms with Crippen molar-refractivity contribution in [3.05, 3.63) is 106 Å². The number of thiazole rings is 1. The summed E-state index contributed by atoms with van der Waals surface area (Å²) in [5, 5.41) is 5.86. The first kappa shape index (κ1) is 27.0. The maximum absolute atomic E-state index is 13.7. The first-order valence-corrected chi connectivity index (χ1v) is 13.6. The van der Waals surface area contributed by atoms with Crippen LogP contribution in [-0.4, -0.2) is 27.5 Å². The van der Waals surface area contributed by atoms with Gasteiger partial charge >= 0.3 is 5.97 Å². The number of anilines is 1. The number of ether oxygens (including phenoxy) is 1. The van der Waals surface area contributed by atoms with E-state index < -0.39 is 18.0 Å². The van der Waals surface area contributed by atoms with Crippen molar-refractivity contribution < 1.29 is 18.7 Å². The molecule has 0 saturated heterocycles. The molecule has 3 aromatic carbocycles. The van der Waals surface area contributed by atoms with E-state index in [1.165, 1.54) is 35.1 Å². The molecule has 2 aromatic heterocycles. The molecular weight excluding hydrogens is 529 g/mol. The molecule has 0 aliphatic heterocycles. The highest BCUT2D eigenvalue weighted by atomic mass is 32.1. The van der Waals surface area contributed by atoms with Gasteiger partial charge in [0.2, 0.25) is 0 Å². The summed E-state index contributed by atoms with van der Waals surface area (Å²) >= 11 is 1.20. The Balaban J connectivity index is 1.45. The van der Waals surface area contributed by atoms with Crippen molar-refractivity contribution in [3.8, 4) is 22.4 Å². The number of pyridine rings is 1. The molecule has 1 atom stereocenters. The second kappa shape index (κ2) is 11.2. The van der Waals surface area contributed by atoms with E-state index in [2.05, 4.69) is 10.3 Å². The van der Waals surface area contributed by atoms with Crippen molar-refractivity contribution >= 4 is 39.1 Å². The second-order valence-electron chi connectivity index (χ2n) is 9.34. The quantitative estimate of drug-likeness (QED) is 0.236. The summed E-state index contributed by atoms with van der Waals surface area (Å²) < 4.78 is 20.3. The molecule has 0 aliphatic rings. The molecule has 0 radical (unpaired) electrons. The van der Waals surface area contributed by atoms with Crippen LogP contribution in [0.15, 0.2) is 83.0 Å². The Kier molecular flexibility index (Phi) is 7.57. The molecule has 0 spiro atoms. The van der Waals surface area contributed by atoms with E-state index in [0.29, 0.717) is 32.7 Å². The Morgan fingerprint density at radius 3 is 2.33 bits per heavy atom. The van der Waals surface area contributed by atoms with Crippen molar-refractivity contribution in [2.24, 2.45) is 7.05 Å². The molecule has 0 saturated carbocycles. The minimum Gasteiger partial charge on any atom is -0.448 e. The normalized spacial score (nSPS) is 11.8. The summed E-state index contributed by atoms with van der Waals surface area (Å²) in [7, 11) is 1.52. The van der Waals surface area contributed by atoms with Gasteiger partial charge in [0.1, 0.15) is 11.5 Å². The predicted molar refractivity (Wildman–Crippen MR) is 155 cm³/mol. The molecule has 2 heterocycles. The summed E-state index contributed by atoms with van der Waals surface area (Å²) in [5.41, 5.74) is 3.37. The zero-order valence-electron chi connectivity index (χ0n) is 22.1. The number of esters is 1. The van der Waals surface area contributed by atoms with Crippen LogP contribution in [0.3, 0.4) is 0 Å². The Morgan fingerprint density at radius 1 is 1.00 bits per heavy atom. The zero-order chi connectivity index (χ0) is 28.4. The number of halogens is 1. The van der Waals surface area contributed by atoms with Crippen LogP contribution >= 0.6 is 11.3 Å². The standard InChI is InChI=1S/C31H26FN3O4S/c1-4-25(28(36)34-31-33-24(17-40-31)19-13-15-21(32)16-14-19)39-30(38)27-26(20-11-9-18(2)10-12-20)22-7-5-6-8-23(22)29(37)35(27)3/h5-17,25H,4H2,1-3H3,(H,33,34,36). The summed E-state index contributed by atoms with van der Waals surface area (Å²) in [6.07, 6.45) is -0.923. The first-order valence-electron chi connectivity index (χ1n) is 12.7. The lowest BCUT2D eigenvalue weighted by Gasteiger charge is -2.20. The molecular formula is C31H26FN3O4S. The van der Waals surface area contributed by atoms with Gasteiger partial charge in [-0.3, -0.25) is 14.9 Å². The van der Waals surface area contributed by atoms with Crippen molar-refractivity contribution in [2.45, 2.75) is 26.4 Å². The highest BCUT2D eigenvalue weighted by Gasteiger charge is 2.28. The molecule has 5 rings (SSSR count). The minimum atomic E-state index is -1.13. The minimum absolute atomic E-state index is 0.0617. The number of hydrogen-bond acceptors (Lipinski definition) is 6. The van der Waals surface area contributed by atoms with Crippen LogP contribution in [-0.2, 0) is 16.6 Å². The average Bonchev–Trinajstić information content (AvgIpc) is 3.42. The molecule has 1 amide bonds. The number of amides is 1. The average molecular weight is 556 g/mol. The van der Waals surface area contributed by atoms with Crippen molar-refractivity contribution in [3.63, 3.8) is 0 Å². The number of hydrogen-bond donors (Lipinski definition) is 1. The number of benzene rings is 3. The Labute approximate surface area is 233 Å². The van der Waals surface area contributed by atoms with E-state index in [0.717, 1.165) is 11.1 Å². The van der Waals surface area contributed by atoms with Gasteiger partial charge in [-0.05, 0) is 54.6 Å². The van der Waals surface area contributed by atoms with Crippen LogP contribution in [0.2, 0.25) is 0 Å². The Bertz CT molecular complexity index is 1780. The second-order valence-corrected chi connectivity index (χ2v) is 10.2. The summed E-state index contributed by atoms with van der Waals surface area (Å²) in [5.74, 6) is -1.68. The smallest absolute Gasteiger partial charge is 0.356 e. The topological polar surface area (TPSA) is 90.3 Å². The van der Waals surface area contributed by atoms with E-state index in [1.807, 2.05) is 37.3 Å². The van der Waals surface area contributed by atoms with Crippen LogP contribution in [0, 0.1) is 12.7 Å². The number of rotatable bonds is 7. The van der Waals surface area contributed by atoms with E-state index in [1.54, 1.807) is 42.6 Å². The highest BCUT2D eigenvalue weighted by Crippen LogP contribution is 2.32. The van der Waals surface area contributed by atoms with Crippen molar-refractivity contribution in [2.75, 3.05) is 5.32 Å². The lowest BCUT2D eigenvalue weighted by atomic mass is 9.96. The van der Waals surface area contributed by atoms with Gasteiger partial charge in [0.25, 0.3) is 11.5 Å². The molecule has 1 N–H and O–H groups in total. The Morgan fingerprint density at radius 2 is 1.65 bits per heavy atom. The highest BCUT2D eigenvalue weighted by molar-refractivity contribution is 7.14. The number of aromatic nitrogens is 2. The number of carbonyl (C=O) groups excluding carboxylic acids is 2. The third-order valence-corrected chi connectivity index (χ3v) is 7.38.